The van der Waals surface area contributed by atoms with Crippen molar-refractivity contribution in [3.05, 3.63) is 22.7 Å². The predicted molar refractivity (Wildman–Crippen MR) is 58.9 cm³/mol. The number of carboxylic acids is 1. The minimum atomic E-state index is -1.25. The standard InChI is InChI=1S/C10H13N3O4/c1-13-4-3-11-7(8(13)14)12-10(9(15)16)2-5-17-6-10/h3-4H,2,5-6H2,1H3,(H,11,12)(H,15,16). The number of carboxylic acid groups (broad SMARTS) is 1. The molecule has 0 spiro atoms. The van der Waals surface area contributed by atoms with E-state index in [4.69, 9.17) is 4.74 Å². The van der Waals surface area contributed by atoms with Crippen molar-refractivity contribution in [2.45, 2.75) is 12.0 Å². The van der Waals surface area contributed by atoms with Crippen molar-refractivity contribution in [2.75, 3.05) is 18.5 Å². The fourth-order valence-electron chi connectivity index (χ4n) is 1.70. The Bertz CT molecular complexity index is 491. The van der Waals surface area contributed by atoms with E-state index < -0.39 is 11.5 Å². The molecule has 1 aliphatic heterocycles. The first-order chi connectivity index (χ1) is 8.05. The van der Waals surface area contributed by atoms with E-state index in [1.165, 1.54) is 17.0 Å². The van der Waals surface area contributed by atoms with Gasteiger partial charge in [0.1, 0.15) is 0 Å². The topological polar surface area (TPSA) is 93.5 Å². The fraction of sp³-hybridized carbons (Fsp3) is 0.500. The lowest BCUT2D eigenvalue weighted by atomic mass is 9.99. The van der Waals surface area contributed by atoms with Gasteiger partial charge in [0.05, 0.1) is 6.61 Å². The highest BCUT2D eigenvalue weighted by Crippen LogP contribution is 2.22. The van der Waals surface area contributed by atoms with Crippen LogP contribution >= 0.6 is 0 Å². The van der Waals surface area contributed by atoms with Crippen LogP contribution in [0.1, 0.15) is 6.42 Å². The molecule has 1 fully saturated rings. The molecule has 0 aromatic carbocycles. The van der Waals surface area contributed by atoms with Crippen LogP contribution in [0, 0.1) is 0 Å². The summed E-state index contributed by atoms with van der Waals surface area (Å²) in [4.78, 5) is 26.8. The number of aromatic nitrogens is 2. The number of aliphatic carboxylic acids is 1. The first-order valence-corrected chi connectivity index (χ1v) is 5.16. The zero-order chi connectivity index (χ0) is 12.5. The Labute approximate surface area is 97.0 Å². The van der Waals surface area contributed by atoms with Gasteiger partial charge in [-0.15, -0.1) is 0 Å². The minimum absolute atomic E-state index is 0.0298. The molecule has 0 saturated carbocycles. The van der Waals surface area contributed by atoms with Gasteiger partial charge in [0.2, 0.25) is 0 Å². The van der Waals surface area contributed by atoms with Gasteiger partial charge < -0.3 is 19.7 Å². The maximum absolute atomic E-state index is 11.7. The summed E-state index contributed by atoms with van der Waals surface area (Å²) in [6.45, 7) is 0.383. The smallest absolute Gasteiger partial charge is 0.331 e. The number of carbonyl (C=O) groups is 1. The highest BCUT2D eigenvalue weighted by Gasteiger charge is 2.43. The minimum Gasteiger partial charge on any atom is -0.479 e. The normalized spacial score (nSPS) is 23.6. The van der Waals surface area contributed by atoms with E-state index in [1.54, 1.807) is 7.05 Å². The Morgan fingerprint density at radius 1 is 1.71 bits per heavy atom. The molecule has 7 heteroatoms. The van der Waals surface area contributed by atoms with Crippen LogP contribution < -0.4 is 10.9 Å². The maximum Gasteiger partial charge on any atom is 0.331 e. The second kappa shape index (κ2) is 4.17. The van der Waals surface area contributed by atoms with E-state index in [1.807, 2.05) is 0 Å². The molecule has 1 atom stereocenters. The maximum atomic E-state index is 11.7. The van der Waals surface area contributed by atoms with Crippen LogP contribution in [0.3, 0.4) is 0 Å². The van der Waals surface area contributed by atoms with Crippen molar-refractivity contribution >= 4 is 11.8 Å². The average Bonchev–Trinajstić information content (AvgIpc) is 2.75. The van der Waals surface area contributed by atoms with E-state index in [0.29, 0.717) is 13.0 Å². The summed E-state index contributed by atoms with van der Waals surface area (Å²) in [7, 11) is 1.58. The third-order valence-electron chi connectivity index (χ3n) is 2.81. The number of rotatable bonds is 3. The first-order valence-electron chi connectivity index (χ1n) is 5.16. The van der Waals surface area contributed by atoms with E-state index >= 15 is 0 Å². The molecule has 1 saturated heterocycles. The molecule has 2 N–H and O–H groups in total. The van der Waals surface area contributed by atoms with Gasteiger partial charge in [0.15, 0.2) is 11.4 Å². The van der Waals surface area contributed by atoms with Crippen LogP contribution in [0.25, 0.3) is 0 Å². The zero-order valence-electron chi connectivity index (χ0n) is 9.34. The Hall–Kier alpha value is -1.89. The molecule has 1 aromatic rings. The summed E-state index contributed by atoms with van der Waals surface area (Å²) in [5, 5.41) is 11.9. The van der Waals surface area contributed by atoms with Crippen molar-refractivity contribution in [3.8, 4) is 0 Å². The Kier molecular flexibility index (Phi) is 2.84. The first kappa shape index (κ1) is 11.6. The van der Waals surface area contributed by atoms with Crippen LogP contribution in [0.5, 0.6) is 0 Å². The molecule has 1 aromatic heterocycles. The summed E-state index contributed by atoms with van der Waals surface area (Å²) < 4.78 is 6.42. The molecule has 1 aliphatic rings. The van der Waals surface area contributed by atoms with Gasteiger partial charge in [-0.05, 0) is 0 Å². The van der Waals surface area contributed by atoms with Gasteiger partial charge >= 0.3 is 5.97 Å². The molecule has 2 heterocycles. The second-order valence-corrected chi connectivity index (χ2v) is 4.01. The summed E-state index contributed by atoms with van der Waals surface area (Å²) in [6.07, 6.45) is 3.25. The average molecular weight is 239 g/mol. The summed E-state index contributed by atoms with van der Waals surface area (Å²) in [5.74, 6) is -1.01. The highest BCUT2D eigenvalue weighted by atomic mass is 16.5. The van der Waals surface area contributed by atoms with Crippen LogP contribution in [-0.2, 0) is 16.6 Å². The molecular weight excluding hydrogens is 226 g/mol. The largest absolute Gasteiger partial charge is 0.479 e. The molecule has 0 radical (unpaired) electrons. The molecule has 2 rings (SSSR count). The van der Waals surface area contributed by atoms with Crippen molar-refractivity contribution in [3.63, 3.8) is 0 Å². The van der Waals surface area contributed by atoms with E-state index in [2.05, 4.69) is 10.3 Å². The highest BCUT2D eigenvalue weighted by molar-refractivity contribution is 5.83. The quantitative estimate of drug-likeness (QED) is 0.734. The van der Waals surface area contributed by atoms with Crippen LogP contribution in [0.15, 0.2) is 17.2 Å². The number of ether oxygens (including phenoxy) is 1. The van der Waals surface area contributed by atoms with Gasteiger partial charge in [0, 0.05) is 32.5 Å². The summed E-state index contributed by atoms with van der Waals surface area (Å²) in [5.41, 5.74) is -1.61. The summed E-state index contributed by atoms with van der Waals surface area (Å²) in [6, 6.07) is 0. The van der Waals surface area contributed by atoms with E-state index in [0.717, 1.165) is 0 Å². The number of hydrogen-bond acceptors (Lipinski definition) is 5. The fourth-order valence-corrected chi connectivity index (χ4v) is 1.70. The van der Waals surface area contributed by atoms with Gasteiger partial charge in [-0.25, -0.2) is 9.78 Å². The predicted octanol–water partition coefficient (Wildman–Crippen LogP) is -0.564. The number of nitrogens with one attached hydrogen (secondary N) is 1. The van der Waals surface area contributed by atoms with Gasteiger partial charge in [-0.3, -0.25) is 4.79 Å². The Morgan fingerprint density at radius 2 is 2.47 bits per heavy atom. The molecule has 17 heavy (non-hydrogen) atoms. The molecule has 0 aliphatic carbocycles. The van der Waals surface area contributed by atoms with Crippen LogP contribution in [-0.4, -0.2) is 39.4 Å². The van der Waals surface area contributed by atoms with E-state index in [-0.39, 0.29) is 18.0 Å². The third-order valence-corrected chi connectivity index (χ3v) is 2.81. The number of aryl methyl sites for hydroxylation is 1. The summed E-state index contributed by atoms with van der Waals surface area (Å²) >= 11 is 0. The third kappa shape index (κ3) is 2.01. The lowest BCUT2D eigenvalue weighted by Gasteiger charge is -2.23. The van der Waals surface area contributed by atoms with Crippen molar-refractivity contribution < 1.29 is 14.6 Å². The number of nitrogens with zero attached hydrogens (tertiary/aromatic N) is 2. The van der Waals surface area contributed by atoms with Crippen molar-refractivity contribution in [1.82, 2.24) is 9.55 Å². The van der Waals surface area contributed by atoms with Crippen molar-refractivity contribution in [1.29, 1.82) is 0 Å². The van der Waals surface area contributed by atoms with E-state index in [9.17, 15) is 14.7 Å². The van der Waals surface area contributed by atoms with Crippen LogP contribution in [0.4, 0.5) is 5.82 Å². The lowest BCUT2D eigenvalue weighted by Crippen LogP contribution is -2.48. The monoisotopic (exact) mass is 239 g/mol. The van der Waals surface area contributed by atoms with Gasteiger partial charge in [-0.2, -0.15) is 0 Å². The molecular formula is C10H13N3O4. The lowest BCUT2D eigenvalue weighted by molar-refractivity contribution is -0.142. The number of anilines is 1. The molecule has 7 nitrogen and oxygen atoms in total. The molecule has 92 valence electrons. The van der Waals surface area contributed by atoms with Crippen LogP contribution in [0.2, 0.25) is 0 Å². The zero-order valence-corrected chi connectivity index (χ0v) is 9.34. The van der Waals surface area contributed by atoms with Gasteiger partial charge in [0.25, 0.3) is 5.56 Å². The SMILES string of the molecule is Cn1ccnc(NC2(C(=O)O)CCOC2)c1=O. The molecule has 1 unspecified atom stereocenters. The Balaban J connectivity index is 2.33. The molecule has 0 bridgehead atoms. The Morgan fingerprint density at radius 3 is 3.06 bits per heavy atom. The second-order valence-electron chi connectivity index (χ2n) is 4.01. The van der Waals surface area contributed by atoms with Gasteiger partial charge in [-0.1, -0.05) is 0 Å². The molecule has 0 amide bonds. The van der Waals surface area contributed by atoms with Crippen molar-refractivity contribution in [2.24, 2.45) is 7.05 Å². The number of hydrogen-bond donors (Lipinski definition) is 2.